The van der Waals surface area contributed by atoms with Crippen LogP contribution in [0, 0.1) is 0 Å². The van der Waals surface area contributed by atoms with Gasteiger partial charge in [0.1, 0.15) is 0 Å². The summed E-state index contributed by atoms with van der Waals surface area (Å²) in [5, 5.41) is 0. The molecule has 2 heteroatoms. The molecule has 12 heavy (non-hydrogen) atoms. The Kier molecular flexibility index (Phi) is 2.20. The lowest BCUT2D eigenvalue weighted by Crippen LogP contribution is -2.42. The van der Waals surface area contributed by atoms with E-state index in [0.29, 0.717) is 0 Å². The third-order valence-corrected chi connectivity index (χ3v) is 2.74. The van der Waals surface area contributed by atoms with Crippen LogP contribution in [0.2, 0.25) is 0 Å². The van der Waals surface area contributed by atoms with Gasteiger partial charge >= 0.3 is 0 Å². The average molecular weight is 168 g/mol. The van der Waals surface area contributed by atoms with E-state index in [1.165, 1.54) is 5.57 Å². The van der Waals surface area contributed by atoms with E-state index in [0.717, 1.165) is 45.3 Å². The maximum atomic E-state index is 5.69. The van der Waals surface area contributed by atoms with Gasteiger partial charge in [-0.25, -0.2) is 0 Å². The molecule has 68 valence electrons. The molecule has 2 fully saturated rings. The Morgan fingerprint density at radius 3 is 2.25 bits per heavy atom. The van der Waals surface area contributed by atoms with Crippen LogP contribution in [0.25, 0.3) is 0 Å². The number of rotatable bonds is 0. The van der Waals surface area contributed by atoms with E-state index >= 15 is 0 Å². The van der Waals surface area contributed by atoms with Crippen molar-refractivity contribution in [3.8, 4) is 0 Å². The molecule has 0 amide bonds. The van der Waals surface area contributed by atoms with Gasteiger partial charge in [0.05, 0.1) is 13.2 Å². The monoisotopic (exact) mass is 168 g/mol. The van der Waals surface area contributed by atoms with Crippen LogP contribution < -0.4 is 0 Å². The summed E-state index contributed by atoms with van der Waals surface area (Å²) in [6.45, 7) is 5.72. The summed E-state index contributed by atoms with van der Waals surface area (Å²) >= 11 is 0. The lowest BCUT2D eigenvalue weighted by atomic mass is 9.90. The average Bonchev–Trinajstić information content (AvgIpc) is 2.13. The Labute approximate surface area is 73.5 Å². The highest BCUT2D eigenvalue weighted by Crippen LogP contribution is 2.36. The second kappa shape index (κ2) is 3.19. The summed E-state index contributed by atoms with van der Waals surface area (Å²) in [4.78, 5) is 0. The minimum Gasteiger partial charge on any atom is -0.350 e. The maximum Gasteiger partial charge on any atom is 0.168 e. The Bertz CT molecular complexity index is 168. The molecular weight excluding hydrogens is 152 g/mol. The molecule has 1 aliphatic carbocycles. The molecule has 0 N–H and O–H groups in total. The van der Waals surface area contributed by atoms with Gasteiger partial charge in [-0.1, -0.05) is 12.2 Å². The van der Waals surface area contributed by atoms with Crippen LogP contribution in [0.5, 0.6) is 0 Å². The predicted octanol–water partition coefficient (Wildman–Crippen LogP) is 2.25. The van der Waals surface area contributed by atoms with Gasteiger partial charge in [-0.3, -0.25) is 0 Å². The summed E-state index contributed by atoms with van der Waals surface area (Å²) in [5.41, 5.74) is 1.35. The Morgan fingerprint density at radius 2 is 1.67 bits per heavy atom. The molecule has 1 saturated heterocycles. The van der Waals surface area contributed by atoms with Crippen LogP contribution in [0.3, 0.4) is 0 Å². The summed E-state index contributed by atoms with van der Waals surface area (Å²) in [7, 11) is 0. The van der Waals surface area contributed by atoms with Crippen molar-refractivity contribution in [2.24, 2.45) is 0 Å². The first-order valence-corrected chi connectivity index (χ1v) is 4.75. The fraction of sp³-hybridized carbons (Fsp3) is 0.800. The van der Waals surface area contributed by atoms with E-state index in [9.17, 15) is 0 Å². The Balaban J connectivity index is 1.96. The van der Waals surface area contributed by atoms with Crippen molar-refractivity contribution in [1.82, 2.24) is 0 Å². The SMILES string of the molecule is C=C1CCC2(CC1)OCCCO2. The normalized spacial score (nSPS) is 29.2. The third kappa shape index (κ3) is 1.54. The zero-order chi connectivity index (χ0) is 8.44. The maximum absolute atomic E-state index is 5.69. The smallest absolute Gasteiger partial charge is 0.168 e. The number of ether oxygens (including phenoxy) is 2. The van der Waals surface area contributed by atoms with Crippen molar-refractivity contribution in [2.45, 2.75) is 37.9 Å². The predicted molar refractivity (Wildman–Crippen MR) is 46.9 cm³/mol. The number of allylic oxidation sites excluding steroid dienone is 1. The molecule has 1 heterocycles. The van der Waals surface area contributed by atoms with Crippen LogP contribution in [-0.4, -0.2) is 19.0 Å². The van der Waals surface area contributed by atoms with Gasteiger partial charge < -0.3 is 9.47 Å². The highest BCUT2D eigenvalue weighted by atomic mass is 16.7. The zero-order valence-corrected chi connectivity index (χ0v) is 7.47. The first kappa shape index (κ1) is 8.27. The van der Waals surface area contributed by atoms with Crippen molar-refractivity contribution in [3.63, 3.8) is 0 Å². The minimum atomic E-state index is -0.223. The van der Waals surface area contributed by atoms with Gasteiger partial charge in [-0.2, -0.15) is 0 Å². The molecule has 2 rings (SSSR count). The molecule has 1 saturated carbocycles. The Hall–Kier alpha value is -0.340. The molecular formula is C10H16O2. The second-order valence-electron chi connectivity index (χ2n) is 3.71. The largest absolute Gasteiger partial charge is 0.350 e. The molecule has 1 spiro atoms. The minimum absolute atomic E-state index is 0.223. The molecule has 0 aromatic heterocycles. The molecule has 1 aliphatic heterocycles. The van der Waals surface area contributed by atoms with E-state index < -0.39 is 0 Å². The summed E-state index contributed by atoms with van der Waals surface area (Å²) < 4.78 is 11.4. The van der Waals surface area contributed by atoms with Crippen LogP contribution in [-0.2, 0) is 9.47 Å². The summed E-state index contributed by atoms with van der Waals surface area (Å²) in [5.74, 6) is -0.223. The molecule has 0 aromatic rings. The number of hydrogen-bond donors (Lipinski definition) is 0. The highest BCUT2D eigenvalue weighted by molar-refractivity contribution is 5.01. The van der Waals surface area contributed by atoms with Crippen molar-refractivity contribution >= 4 is 0 Å². The molecule has 0 bridgehead atoms. The quantitative estimate of drug-likeness (QED) is 0.516. The second-order valence-corrected chi connectivity index (χ2v) is 3.71. The molecule has 2 nitrogen and oxygen atoms in total. The van der Waals surface area contributed by atoms with Gasteiger partial charge in [0.15, 0.2) is 5.79 Å². The summed E-state index contributed by atoms with van der Waals surface area (Å²) in [6.07, 6.45) is 5.19. The van der Waals surface area contributed by atoms with Gasteiger partial charge in [0, 0.05) is 12.8 Å². The van der Waals surface area contributed by atoms with Crippen LogP contribution in [0.4, 0.5) is 0 Å². The van der Waals surface area contributed by atoms with E-state index in [1.807, 2.05) is 0 Å². The molecule has 0 atom stereocenters. The topological polar surface area (TPSA) is 18.5 Å². The van der Waals surface area contributed by atoms with Gasteiger partial charge in [0.25, 0.3) is 0 Å². The van der Waals surface area contributed by atoms with Crippen molar-refractivity contribution in [2.75, 3.05) is 13.2 Å². The molecule has 2 aliphatic rings. The van der Waals surface area contributed by atoms with Crippen molar-refractivity contribution < 1.29 is 9.47 Å². The van der Waals surface area contributed by atoms with E-state index in [-0.39, 0.29) is 5.79 Å². The van der Waals surface area contributed by atoms with Gasteiger partial charge in [-0.15, -0.1) is 0 Å². The van der Waals surface area contributed by atoms with Crippen LogP contribution >= 0.6 is 0 Å². The third-order valence-electron chi connectivity index (χ3n) is 2.74. The van der Waals surface area contributed by atoms with Crippen molar-refractivity contribution in [1.29, 1.82) is 0 Å². The molecule has 0 radical (unpaired) electrons. The first-order valence-electron chi connectivity index (χ1n) is 4.75. The van der Waals surface area contributed by atoms with E-state index in [2.05, 4.69) is 6.58 Å². The van der Waals surface area contributed by atoms with E-state index in [1.54, 1.807) is 0 Å². The lowest BCUT2D eigenvalue weighted by Gasteiger charge is -2.40. The van der Waals surface area contributed by atoms with Crippen LogP contribution in [0.15, 0.2) is 12.2 Å². The van der Waals surface area contributed by atoms with Gasteiger partial charge in [-0.05, 0) is 19.3 Å². The first-order chi connectivity index (χ1) is 5.81. The zero-order valence-electron chi connectivity index (χ0n) is 7.47. The van der Waals surface area contributed by atoms with Crippen molar-refractivity contribution in [3.05, 3.63) is 12.2 Å². The molecule has 0 aromatic carbocycles. The van der Waals surface area contributed by atoms with Crippen LogP contribution in [0.1, 0.15) is 32.1 Å². The fourth-order valence-electron chi connectivity index (χ4n) is 1.89. The fourth-order valence-corrected chi connectivity index (χ4v) is 1.89. The Morgan fingerprint density at radius 1 is 1.08 bits per heavy atom. The number of hydrogen-bond acceptors (Lipinski definition) is 2. The van der Waals surface area contributed by atoms with Gasteiger partial charge in [0.2, 0.25) is 0 Å². The summed E-state index contributed by atoms with van der Waals surface area (Å²) in [6, 6.07) is 0. The molecule has 0 unspecified atom stereocenters. The van der Waals surface area contributed by atoms with E-state index in [4.69, 9.17) is 9.47 Å². The standard InChI is InChI=1S/C10H16O2/c1-9-3-5-10(6-4-9)11-7-2-8-12-10/h1-8H2. The lowest BCUT2D eigenvalue weighted by molar-refractivity contribution is -0.276. The highest BCUT2D eigenvalue weighted by Gasteiger charge is 2.36.